The first-order valence-electron chi connectivity index (χ1n) is 8.86. The van der Waals surface area contributed by atoms with Gasteiger partial charge in [-0.05, 0) is 50.2 Å². The number of nitrogens with zero attached hydrogens (tertiary/aromatic N) is 2. The van der Waals surface area contributed by atoms with Gasteiger partial charge in [0, 0.05) is 28.4 Å². The predicted octanol–water partition coefficient (Wildman–Crippen LogP) is 3.19. The third kappa shape index (κ3) is 4.58. The van der Waals surface area contributed by atoms with E-state index in [0.717, 1.165) is 22.6 Å². The molecule has 7 heteroatoms. The van der Waals surface area contributed by atoms with Crippen LogP contribution in [-0.4, -0.2) is 28.1 Å². The van der Waals surface area contributed by atoms with Gasteiger partial charge in [0.05, 0.1) is 17.9 Å². The van der Waals surface area contributed by atoms with Crippen LogP contribution >= 0.6 is 11.6 Å². The molecule has 28 heavy (non-hydrogen) atoms. The molecule has 2 amide bonds. The highest BCUT2D eigenvalue weighted by atomic mass is 35.5. The summed E-state index contributed by atoms with van der Waals surface area (Å²) < 4.78 is 1.86. The molecular formula is C21H21ClN4O2. The van der Waals surface area contributed by atoms with E-state index >= 15 is 0 Å². The molecule has 0 unspecified atom stereocenters. The minimum absolute atomic E-state index is 0.105. The van der Waals surface area contributed by atoms with Gasteiger partial charge in [-0.25, -0.2) is 4.68 Å². The van der Waals surface area contributed by atoms with Gasteiger partial charge in [-0.3, -0.25) is 9.59 Å². The van der Waals surface area contributed by atoms with Gasteiger partial charge in [0.2, 0.25) is 5.91 Å². The molecule has 1 aromatic heterocycles. The Morgan fingerprint density at radius 3 is 2.36 bits per heavy atom. The fraction of sp³-hybridized carbons (Fsp3) is 0.190. The SMILES string of the molecule is Cc1nn(-c2ccccc2)c(C)c1CNC(=O)CNC(=O)c1ccc(Cl)cc1. The van der Waals surface area contributed by atoms with Crippen LogP contribution in [0.5, 0.6) is 0 Å². The molecule has 2 aromatic carbocycles. The van der Waals surface area contributed by atoms with Crippen molar-refractivity contribution >= 4 is 23.4 Å². The van der Waals surface area contributed by atoms with Crippen molar-refractivity contribution in [2.75, 3.05) is 6.54 Å². The second-order valence-corrected chi connectivity index (χ2v) is 6.80. The van der Waals surface area contributed by atoms with E-state index in [9.17, 15) is 9.59 Å². The Hall–Kier alpha value is -3.12. The fourth-order valence-electron chi connectivity index (χ4n) is 2.86. The van der Waals surface area contributed by atoms with Gasteiger partial charge in [0.25, 0.3) is 5.91 Å². The van der Waals surface area contributed by atoms with Crippen molar-refractivity contribution in [1.29, 1.82) is 0 Å². The van der Waals surface area contributed by atoms with Crippen molar-refractivity contribution in [2.24, 2.45) is 0 Å². The standard InChI is InChI=1S/C21H21ClN4O2/c1-14-19(15(2)26(25-14)18-6-4-3-5-7-18)12-23-20(27)13-24-21(28)16-8-10-17(22)11-9-16/h3-11H,12-13H2,1-2H3,(H,23,27)(H,24,28). The van der Waals surface area contributed by atoms with E-state index in [-0.39, 0.29) is 18.4 Å². The highest BCUT2D eigenvalue weighted by Gasteiger charge is 2.14. The summed E-state index contributed by atoms with van der Waals surface area (Å²) in [5.41, 5.74) is 4.20. The van der Waals surface area contributed by atoms with Crippen molar-refractivity contribution in [1.82, 2.24) is 20.4 Å². The first-order valence-corrected chi connectivity index (χ1v) is 9.24. The molecule has 0 aliphatic heterocycles. The van der Waals surface area contributed by atoms with Crippen LogP contribution in [0.3, 0.4) is 0 Å². The number of aryl methyl sites for hydroxylation is 1. The second-order valence-electron chi connectivity index (χ2n) is 6.36. The van der Waals surface area contributed by atoms with E-state index in [1.165, 1.54) is 0 Å². The number of hydrogen-bond donors (Lipinski definition) is 2. The molecule has 0 atom stereocenters. The van der Waals surface area contributed by atoms with Gasteiger partial charge in [0.15, 0.2) is 0 Å². The van der Waals surface area contributed by atoms with Crippen LogP contribution in [0.25, 0.3) is 5.69 Å². The van der Waals surface area contributed by atoms with Gasteiger partial charge in [0.1, 0.15) is 0 Å². The third-order valence-corrected chi connectivity index (χ3v) is 4.67. The highest BCUT2D eigenvalue weighted by molar-refractivity contribution is 6.30. The Morgan fingerprint density at radius 1 is 1.00 bits per heavy atom. The molecule has 0 aliphatic rings. The van der Waals surface area contributed by atoms with Gasteiger partial charge in [-0.2, -0.15) is 5.10 Å². The zero-order valence-electron chi connectivity index (χ0n) is 15.7. The van der Waals surface area contributed by atoms with Crippen LogP contribution in [0.2, 0.25) is 5.02 Å². The maximum atomic E-state index is 12.1. The van der Waals surface area contributed by atoms with Gasteiger partial charge in [-0.15, -0.1) is 0 Å². The van der Waals surface area contributed by atoms with E-state index < -0.39 is 0 Å². The number of aromatic nitrogens is 2. The van der Waals surface area contributed by atoms with Gasteiger partial charge < -0.3 is 10.6 Å². The van der Waals surface area contributed by atoms with Crippen LogP contribution in [0.15, 0.2) is 54.6 Å². The summed E-state index contributed by atoms with van der Waals surface area (Å²) in [7, 11) is 0. The molecule has 0 radical (unpaired) electrons. The van der Waals surface area contributed by atoms with E-state index in [1.807, 2.05) is 48.9 Å². The molecule has 6 nitrogen and oxygen atoms in total. The predicted molar refractivity (Wildman–Crippen MR) is 109 cm³/mol. The van der Waals surface area contributed by atoms with Crippen LogP contribution in [0.1, 0.15) is 27.3 Å². The normalized spacial score (nSPS) is 10.5. The van der Waals surface area contributed by atoms with Crippen LogP contribution in [-0.2, 0) is 11.3 Å². The van der Waals surface area contributed by atoms with Crippen molar-refractivity contribution < 1.29 is 9.59 Å². The number of rotatable bonds is 6. The van der Waals surface area contributed by atoms with E-state index in [4.69, 9.17) is 11.6 Å². The first-order chi connectivity index (χ1) is 13.5. The fourth-order valence-corrected chi connectivity index (χ4v) is 2.99. The summed E-state index contributed by atoms with van der Waals surface area (Å²) in [6.45, 7) is 4.12. The Morgan fingerprint density at radius 2 is 1.68 bits per heavy atom. The smallest absolute Gasteiger partial charge is 0.251 e. The second kappa shape index (κ2) is 8.71. The van der Waals surface area contributed by atoms with E-state index in [2.05, 4.69) is 15.7 Å². The molecule has 3 rings (SSSR count). The number of benzene rings is 2. The number of amides is 2. The lowest BCUT2D eigenvalue weighted by Gasteiger charge is -2.08. The molecule has 0 spiro atoms. The third-order valence-electron chi connectivity index (χ3n) is 4.42. The quantitative estimate of drug-likeness (QED) is 0.671. The molecular weight excluding hydrogens is 376 g/mol. The molecule has 3 aromatic rings. The topological polar surface area (TPSA) is 76.0 Å². The van der Waals surface area contributed by atoms with Crippen molar-refractivity contribution in [3.8, 4) is 5.69 Å². The largest absolute Gasteiger partial charge is 0.350 e. The summed E-state index contributed by atoms with van der Waals surface area (Å²) in [6, 6.07) is 16.3. The number of hydrogen-bond acceptors (Lipinski definition) is 3. The maximum Gasteiger partial charge on any atom is 0.251 e. The van der Waals surface area contributed by atoms with E-state index in [0.29, 0.717) is 17.1 Å². The van der Waals surface area contributed by atoms with Crippen molar-refractivity contribution in [3.05, 3.63) is 82.1 Å². The minimum atomic E-state index is -0.323. The zero-order valence-corrected chi connectivity index (χ0v) is 16.5. The number of halogens is 1. The molecule has 1 heterocycles. The zero-order chi connectivity index (χ0) is 20.1. The van der Waals surface area contributed by atoms with Crippen LogP contribution in [0.4, 0.5) is 0 Å². The van der Waals surface area contributed by atoms with Gasteiger partial charge >= 0.3 is 0 Å². The molecule has 0 fully saturated rings. The summed E-state index contributed by atoms with van der Waals surface area (Å²) >= 11 is 5.81. The Balaban J connectivity index is 1.57. The lowest BCUT2D eigenvalue weighted by atomic mass is 10.2. The molecule has 0 aliphatic carbocycles. The lowest BCUT2D eigenvalue weighted by molar-refractivity contribution is -0.120. The van der Waals surface area contributed by atoms with Crippen molar-refractivity contribution in [3.63, 3.8) is 0 Å². The Bertz CT molecular complexity index is 982. The maximum absolute atomic E-state index is 12.1. The summed E-state index contributed by atoms with van der Waals surface area (Å²) in [4.78, 5) is 24.2. The number of nitrogens with one attached hydrogen (secondary N) is 2. The van der Waals surface area contributed by atoms with Gasteiger partial charge in [-0.1, -0.05) is 29.8 Å². The summed E-state index contributed by atoms with van der Waals surface area (Å²) in [6.07, 6.45) is 0. The molecule has 0 bridgehead atoms. The summed E-state index contributed by atoms with van der Waals surface area (Å²) in [5.74, 6) is -0.593. The first kappa shape index (κ1) is 19.6. The van der Waals surface area contributed by atoms with E-state index in [1.54, 1.807) is 24.3 Å². The van der Waals surface area contributed by atoms with Crippen LogP contribution < -0.4 is 10.6 Å². The number of carbonyl (C=O) groups excluding carboxylic acids is 2. The molecule has 2 N–H and O–H groups in total. The average Bonchev–Trinajstić information content (AvgIpc) is 2.99. The Labute approximate surface area is 168 Å². The monoisotopic (exact) mass is 396 g/mol. The lowest BCUT2D eigenvalue weighted by Crippen LogP contribution is -2.36. The van der Waals surface area contributed by atoms with Crippen LogP contribution in [0, 0.1) is 13.8 Å². The summed E-state index contributed by atoms with van der Waals surface area (Å²) in [5, 5.41) is 10.5. The average molecular weight is 397 g/mol. The number of carbonyl (C=O) groups is 2. The molecule has 0 saturated heterocycles. The minimum Gasteiger partial charge on any atom is -0.350 e. The van der Waals surface area contributed by atoms with Crippen molar-refractivity contribution in [2.45, 2.75) is 20.4 Å². The Kier molecular flexibility index (Phi) is 6.11. The molecule has 144 valence electrons. The number of para-hydroxylation sites is 1. The molecule has 0 saturated carbocycles. The highest BCUT2D eigenvalue weighted by Crippen LogP contribution is 2.17.